The molecule has 14 nitrogen and oxygen atoms in total. The Balaban J connectivity index is 2.05. The van der Waals surface area contributed by atoms with Crippen molar-refractivity contribution < 1.29 is 38.3 Å². The van der Waals surface area contributed by atoms with E-state index in [-0.39, 0.29) is 30.2 Å². The van der Waals surface area contributed by atoms with Gasteiger partial charge in [-0.2, -0.15) is 0 Å². The highest BCUT2D eigenvalue weighted by Gasteiger charge is 2.37. The second kappa shape index (κ2) is 17.2. The average Bonchev–Trinajstić information content (AvgIpc) is 3.00. The number of amides is 6. The van der Waals surface area contributed by atoms with Crippen LogP contribution in [0.4, 0.5) is 0 Å². The van der Waals surface area contributed by atoms with E-state index < -0.39 is 59.4 Å². The summed E-state index contributed by atoms with van der Waals surface area (Å²) >= 11 is 0. The van der Waals surface area contributed by atoms with Crippen LogP contribution < -0.4 is 21.3 Å². The van der Waals surface area contributed by atoms with Crippen molar-refractivity contribution in [1.82, 2.24) is 31.1 Å². The van der Waals surface area contributed by atoms with Crippen molar-refractivity contribution in [2.75, 3.05) is 40.4 Å². The Hall–Kier alpha value is -4.33. The standard InChI is InChI=1S/C34H52N6O8/c1-21(27(43)30(45)35-20-22-10-12-23(13-11-22)32(47)40-14-16-48-17-15-40)36-29(44)24(18-26(42)39(8)9)37-31(46)28(34(5,6)7)38-25(41)19-33(2,3)4/h10-13,21,24,28H,14-20H2,1-9H3,(H,35,45)(H,36,44)(H,37,46)(H,38,41)/t21?,24-,28+/m0/s1. The minimum atomic E-state index is -1.39. The Morgan fingerprint density at radius 1 is 0.854 bits per heavy atom. The number of ketones is 1. The van der Waals surface area contributed by atoms with Gasteiger partial charge in [-0.15, -0.1) is 0 Å². The topological polar surface area (TPSA) is 183 Å². The molecule has 1 saturated heterocycles. The molecular weight excluding hydrogens is 620 g/mol. The predicted molar refractivity (Wildman–Crippen MR) is 178 cm³/mol. The van der Waals surface area contributed by atoms with Gasteiger partial charge in [-0.05, 0) is 35.4 Å². The van der Waals surface area contributed by atoms with Crippen LogP contribution in [0.1, 0.15) is 77.2 Å². The number of morpholine rings is 1. The summed E-state index contributed by atoms with van der Waals surface area (Å²) in [6.45, 7) is 14.3. The zero-order valence-electron chi connectivity index (χ0n) is 29.7. The largest absolute Gasteiger partial charge is 0.378 e. The third kappa shape index (κ3) is 12.7. The number of nitrogens with zero attached hydrogens (tertiary/aromatic N) is 2. The molecule has 6 amide bonds. The van der Waals surface area contributed by atoms with Gasteiger partial charge >= 0.3 is 0 Å². The minimum Gasteiger partial charge on any atom is -0.378 e. The second-order valence-electron chi connectivity index (χ2n) is 14.5. The van der Waals surface area contributed by atoms with Crippen molar-refractivity contribution in [3.05, 3.63) is 35.4 Å². The lowest BCUT2D eigenvalue weighted by Crippen LogP contribution is -2.59. The van der Waals surface area contributed by atoms with Gasteiger partial charge < -0.3 is 35.8 Å². The summed E-state index contributed by atoms with van der Waals surface area (Å²) in [5, 5.41) is 10.3. The first-order valence-corrected chi connectivity index (χ1v) is 16.1. The summed E-state index contributed by atoms with van der Waals surface area (Å²) in [4.78, 5) is 93.3. The van der Waals surface area contributed by atoms with Crippen molar-refractivity contribution in [1.29, 1.82) is 0 Å². The monoisotopic (exact) mass is 672 g/mol. The number of Topliss-reactive ketones (excluding diaryl/α,β-unsaturated/α-hetero) is 1. The SMILES string of the molecule is CC(NC(=O)[C@H](CC(=O)N(C)C)NC(=O)[C@@H](NC(=O)CC(C)(C)C)C(C)(C)C)C(=O)C(=O)NCc1ccc(C(=O)N2CCOCC2)cc1. The van der Waals surface area contributed by atoms with Gasteiger partial charge in [0.25, 0.3) is 11.8 Å². The number of carbonyl (C=O) groups is 7. The first kappa shape index (κ1) is 39.8. The highest BCUT2D eigenvalue weighted by molar-refractivity contribution is 6.38. The van der Waals surface area contributed by atoms with E-state index in [1.807, 2.05) is 20.8 Å². The number of hydrogen-bond donors (Lipinski definition) is 4. The first-order valence-electron chi connectivity index (χ1n) is 16.1. The van der Waals surface area contributed by atoms with Crippen molar-refractivity contribution in [2.45, 2.75) is 86.0 Å². The van der Waals surface area contributed by atoms with Gasteiger partial charge in [0, 0.05) is 45.7 Å². The fraction of sp³-hybridized carbons (Fsp3) is 0.618. The molecule has 0 aromatic heterocycles. The quantitative estimate of drug-likeness (QED) is 0.222. The molecule has 0 bridgehead atoms. The molecule has 1 aromatic carbocycles. The van der Waals surface area contributed by atoms with E-state index in [1.54, 1.807) is 49.9 Å². The lowest BCUT2D eigenvalue weighted by molar-refractivity contribution is -0.141. The molecule has 48 heavy (non-hydrogen) atoms. The number of ether oxygens (including phenoxy) is 1. The van der Waals surface area contributed by atoms with E-state index in [4.69, 9.17) is 4.74 Å². The van der Waals surface area contributed by atoms with Crippen LogP contribution in [0.3, 0.4) is 0 Å². The highest BCUT2D eigenvalue weighted by atomic mass is 16.5. The molecule has 1 aromatic rings. The fourth-order valence-electron chi connectivity index (χ4n) is 4.75. The summed E-state index contributed by atoms with van der Waals surface area (Å²) in [6, 6.07) is 2.93. The van der Waals surface area contributed by atoms with Gasteiger partial charge in [0.2, 0.25) is 29.4 Å². The zero-order chi connectivity index (χ0) is 36.4. The van der Waals surface area contributed by atoms with Crippen LogP contribution in [0.15, 0.2) is 24.3 Å². The maximum absolute atomic E-state index is 13.5. The van der Waals surface area contributed by atoms with Crippen molar-refractivity contribution in [3.63, 3.8) is 0 Å². The van der Waals surface area contributed by atoms with E-state index in [0.29, 0.717) is 37.4 Å². The maximum Gasteiger partial charge on any atom is 0.289 e. The smallest absolute Gasteiger partial charge is 0.289 e. The molecule has 266 valence electrons. The molecule has 4 N–H and O–H groups in total. The summed E-state index contributed by atoms with van der Waals surface area (Å²) in [5.74, 6) is -4.33. The van der Waals surface area contributed by atoms with Gasteiger partial charge in [-0.3, -0.25) is 33.6 Å². The van der Waals surface area contributed by atoms with Gasteiger partial charge in [0.05, 0.1) is 25.7 Å². The summed E-state index contributed by atoms with van der Waals surface area (Å²) < 4.78 is 5.28. The van der Waals surface area contributed by atoms with Gasteiger partial charge in [-0.25, -0.2) is 0 Å². The van der Waals surface area contributed by atoms with Crippen LogP contribution in [0.5, 0.6) is 0 Å². The normalized spacial score (nSPS) is 15.3. The molecule has 1 aliphatic rings. The molecule has 0 spiro atoms. The molecule has 1 aliphatic heterocycles. The number of rotatable bonds is 13. The van der Waals surface area contributed by atoms with Gasteiger partial charge in [0.1, 0.15) is 12.1 Å². The zero-order valence-corrected chi connectivity index (χ0v) is 29.7. The minimum absolute atomic E-state index is 0.00239. The lowest BCUT2D eigenvalue weighted by Gasteiger charge is -2.33. The van der Waals surface area contributed by atoms with Crippen LogP contribution >= 0.6 is 0 Å². The summed E-state index contributed by atoms with van der Waals surface area (Å²) in [5.41, 5.74) is 0.0749. The van der Waals surface area contributed by atoms with Gasteiger partial charge in [-0.1, -0.05) is 53.7 Å². The van der Waals surface area contributed by atoms with Crippen LogP contribution in [-0.4, -0.2) is 110 Å². The molecule has 0 aliphatic carbocycles. The van der Waals surface area contributed by atoms with Crippen molar-refractivity contribution in [3.8, 4) is 0 Å². The second-order valence-corrected chi connectivity index (χ2v) is 14.5. The molecule has 2 rings (SSSR count). The highest BCUT2D eigenvalue weighted by Crippen LogP contribution is 2.22. The molecule has 1 heterocycles. The first-order chi connectivity index (χ1) is 22.2. The number of carbonyl (C=O) groups excluding carboxylic acids is 7. The van der Waals surface area contributed by atoms with Crippen LogP contribution in [0.25, 0.3) is 0 Å². The van der Waals surface area contributed by atoms with Crippen molar-refractivity contribution >= 4 is 41.2 Å². The predicted octanol–water partition coefficient (Wildman–Crippen LogP) is 0.779. The third-order valence-electron chi connectivity index (χ3n) is 7.56. The third-order valence-corrected chi connectivity index (χ3v) is 7.56. The number of hydrogen-bond acceptors (Lipinski definition) is 8. The van der Waals surface area contributed by atoms with E-state index in [9.17, 15) is 33.6 Å². The molecule has 0 radical (unpaired) electrons. The van der Waals surface area contributed by atoms with Crippen LogP contribution in [0, 0.1) is 10.8 Å². The Morgan fingerprint density at radius 3 is 1.96 bits per heavy atom. The van der Waals surface area contributed by atoms with Crippen LogP contribution in [-0.2, 0) is 40.0 Å². The van der Waals surface area contributed by atoms with E-state index in [1.165, 1.54) is 25.9 Å². The molecule has 14 heteroatoms. The fourth-order valence-corrected chi connectivity index (χ4v) is 4.75. The van der Waals surface area contributed by atoms with Gasteiger partial charge in [0.15, 0.2) is 0 Å². The maximum atomic E-state index is 13.5. The Labute approximate surface area is 283 Å². The molecular formula is C34H52N6O8. The molecule has 0 saturated carbocycles. The average molecular weight is 673 g/mol. The summed E-state index contributed by atoms with van der Waals surface area (Å²) in [7, 11) is 2.99. The molecule has 3 atom stereocenters. The number of nitrogens with one attached hydrogen (secondary N) is 4. The Morgan fingerprint density at radius 2 is 1.44 bits per heavy atom. The Bertz CT molecular complexity index is 1340. The number of benzene rings is 1. The van der Waals surface area contributed by atoms with E-state index in [0.717, 1.165) is 0 Å². The van der Waals surface area contributed by atoms with E-state index in [2.05, 4.69) is 21.3 Å². The lowest BCUT2D eigenvalue weighted by atomic mass is 9.85. The van der Waals surface area contributed by atoms with E-state index >= 15 is 0 Å². The van der Waals surface area contributed by atoms with Crippen LogP contribution in [0.2, 0.25) is 0 Å². The van der Waals surface area contributed by atoms with Crippen molar-refractivity contribution in [2.24, 2.45) is 10.8 Å². The Kier molecular flexibility index (Phi) is 14.3. The molecule has 1 fully saturated rings. The molecule has 1 unspecified atom stereocenters. The summed E-state index contributed by atoms with van der Waals surface area (Å²) in [6.07, 6.45) is -0.258.